The molecular formula is C23H28N6O3. The molecule has 4 aliphatic rings. The third-order valence-electron chi connectivity index (χ3n) is 7.64. The van der Waals surface area contributed by atoms with Gasteiger partial charge in [0.1, 0.15) is 6.04 Å². The van der Waals surface area contributed by atoms with Crippen LogP contribution in [0.3, 0.4) is 0 Å². The zero-order valence-corrected chi connectivity index (χ0v) is 18.1. The zero-order valence-electron chi connectivity index (χ0n) is 18.1. The van der Waals surface area contributed by atoms with Crippen LogP contribution in [0.5, 0.6) is 0 Å². The molecule has 32 heavy (non-hydrogen) atoms. The third kappa shape index (κ3) is 3.26. The fourth-order valence-corrected chi connectivity index (χ4v) is 5.92. The minimum atomic E-state index is -0.740. The van der Waals surface area contributed by atoms with Crippen molar-refractivity contribution in [1.29, 1.82) is 5.26 Å². The van der Waals surface area contributed by atoms with Crippen LogP contribution < -0.4 is 11.5 Å². The summed E-state index contributed by atoms with van der Waals surface area (Å²) < 4.78 is 0. The molecule has 5 rings (SSSR count). The molecule has 3 heterocycles. The smallest absolute Gasteiger partial charge is 0.248 e. The number of nitrogens with zero attached hydrogens (tertiary/aromatic N) is 4. The molecule has 3 saturated heterocycles. The highest BCUT2D eigenvalue weighted by Crippen LogP contribution is 2.48. The number of piperazine rings is 1. The maximum Gasteiger partial charge on any atom is 0.248 e. The van der Waals surface area contributed by atoms with Crippen LogP contribution in [0.15, 0.2) is 24.3 Å². The molecule has 7 atom stereocenters. The fraction of sp³-hybridized carbons (Fsp3) is 0.565. The first kappa shape index (κ1) is 20.9. The number of nitriles is 1. The number of likely N-dealkylation sites (tertiary alicyclic amines) is 3. The number of benzene rings is 1. The quantitative estimate of drug-likeness (QED) is 0.643. The average molecular weight is 437 g/mol. The van der Waals surface area contributed by atoms with Crippen molar-refractivity contribution in [3.8, 4) is 6.07 Å². The van der Waals surface area contributed by atoms with Crippen molar-refractivity contribution in [2.75, 3.05) is 13.1 Å². The summed E-state index contributed by atoms with van der Waals surface area (Å²) >= 11 is 0. The van der Waals surface area contributed by atoms with Crippen molar-refractivity contribution in [2.24, 2.45) is 17.4 Å². The molecule has 1 saturated carbocycles. The van der Waals surface area contributed by atoms with Crippen LogP contribution in [0.25, 0.3) is 0 Å². The molecule has 0 aromatic heterocycles. The first-order valence-corrected chi connectivity index (χ1v) is 11.2. The van der Waals surface area contributed by atoms with E-state index in [2.05, 4.69) is 6.07 Å². The van der Waals surface area contributed by atoms with Gasteiger partial charge in [0.2, 0.25) is 17.7 Å². The molecule has 9 nitrogen and oxygen atoms in total. The number of hydrogen-bond donors (Lipinski definition) is 2. The average Bonchev–Trinajstić information content (AvgIpc) is 3.11. The summed E-state index contributed by atoms with van der Waals surface area (Å²) in [7, 11) is 0. The summed E-state index contributed by atoms with van der Waals surface area (Å²) in [5.41, 5.74) is 13.0. The topological polar surface area (TPSA) is 137 Å². The lowest BCUT2D eigenvalue weighted by Gasteiger charge is -2.38. The Kier molecular flexibility index (Phi) is 4.95. The highest BCUT2D eigenvalue weighted by atomic mass is 16.2. The summed E-state index contributed by atoms with van der Waals surface area (Å²) in [4.78, 5) is 43.3. The Morgan fingerprint density at radius 3 is 2.75 bits per heavy atom. The van der Waals surface area contributed by atoms with Crippen molar-refractivity contribution in [3.05, 3.63) is 35.4 Å². The molecule has 4 N–H and O–H groups in total. The van der Waals surface area contributed by atoms with Gasteiger partial charge in [-0.05, 0) is 49.8 Å². The van der Waals surface area contributed by atoms with E-state index in [9.17, 15) is 19.6 Å². The van der Waals surface area contributed by atoms with Crippen molar-refractivity contribution in [3.63, 3.8) is 0 Å². The van der Waals surface area contributed by atoms with Gasteiger partial charge >= 0.3 is 0 Å². The second kappa shape index (κ2) is 7.57. The van der Waals surface area contributed by atoms with E-state index in [1.54, 1.807) is 23.1 Å². The highest BCUT2D eigenvalue weighted by molar-refractivity contribution is 5.93. The van der Waals surface area contributed by atoms with E-state index in [-0.39, 0.29) is 42.0 Å². The molecule has 0 radical (unpaired) electrons. The van der Waals surface area contributed by atoms with Crippen LogP contribution in [-0.4, -0.2) is 75.7 Å². The number of piperidine rings is 1. The monoisotopic (exact) mass is 436 g/mol. The summed E-state index contributed by atoms with van der Waals surface area (Å²) in [5, 5.41) is 9.36. The van der Waals surface area contributed by atoms with Crippen LogP contribution in [0.2, 0.25) is 0 Å². The molecule has 168 valence electrons. The van der Waals surface area contributed by atoms with Gasteiger partial charge in [0, 0.05) is 30.7 Å². The number of carbonyl (C=O) groups is 3. The predicted molar refractivity (Wildman–Crippen MR) is 115 cm³/mol. The lowest BCUT2D eigenvalue weighted by molar-refractivity contribution is -0.141. The predicted octanol–water partition coefficient (Wildman–Crippen LogP) is -0.0281. The van der Waals surface area contributed by atoms with Crippen LogP contribution in [0.1, 0.15) is 48.1 Å². The molecule has 1 aromatic carbocycles. The lowest BCUT2D eigenvalue weighted by Crippen LogP contribution is -2.57. The van der Waals surface area contributed by atoms with Gasteiger partial charge in [0.15, 0.2) is 0 Å². The summed E-state index contributed by atoms with van der Waals surface area (Å²) in [6.07, 6.45) is 2.42. The molecule has 1 aromatic rings. The maximum absolute atomic E-state index is 13.2. The van der Waals surface area contributed by atoms with Gasteiger partial charge in [-0.25, -0.2) is 0 Å². The number of fused-ring (bicyclic) bond motifs is 3. The number of carbonyl (C=O) groups excluding carboxylic acids is 3. The standard InChI is InChI=1S/C23H28N6O3/c1-12(13-3-2-4-14(5-13)21(26)30)28-17-8-20(23(28)32)27(10-17)11-18(25)22(31)29-16(9-24)6-15-7-19(15)29/h2-5,12,15-20H,6-8,10-11,25H2,1H3,(H2,26,30)/t12?,15-,16?,17?,18?,19+,20+/m1/s1. The van der Waals surface area contributed by atoms with Crippen molar-refractivity contribution in [1.82, 2.24) is 14.7 Å². The number of amides is 3. The largest absolute Gasteiger partial charge is 0.366 e. The van der Waals surface area contributed by atoms with Gasteiger partial charge in [0.25, 0.3) is 0 Å². The Balaban J connectivity index is 1.24. The maximum atomic E-state index is 13.2. The zero-order chi connectivity index (χ0) is 22.7. The molecule has 4 fully saturated rings. The lowest BCUT2D eigenvalue weighted by atomic mass is 10.0. The molecule has 2 bridgehead atoms. The molecule has 1 aliphatic carbocycles. The Morgan fingerprint density at radius 1 is 1.28 bits per heavy atom. The Hall–Kier alpha value is -2.96. The van der Waals surface area contributed by atoms with Crippen LogP contribution >= 0.6 is 0 Å². The van der Waals surface area contributed by atoms with Gasteiger partial charge in [0.05, 0.1) is 24.2 Å². The summed E-state index contributed by atoms with van der Waals surface area (Å²) in [6, 6.07) is 7.93. The number of nitrogens with two attached hydrogens (primary N) is 2. The van der Waals surface area contributed by atoms with Gasteiger partial charge < -0.3 is 21.3 Å². The molecular weight excluding hydrogens is 408 g/mol. The second-order valence-electron chi connectivity index (χ2n) is 9.57. The van der Waals surface area contributed by atoms with E-state index in [1.165, 1.54) is 0 Å². The Morgan fingerprint density at radius 2 is 2.06 bits per heavy atom. The van der Waals surface area contributed by atoms with E-state index in [0.717, 1.165) is 18.4 Å². The van der Waals surface area contributed by atoms with Crippen LogP contribution in [0, 0.1) is 17.2 Å². The van der Waals surface area contributed by atoms with Crippen molar-refractivity contribution >= 4 is 17.7 Å². The molecule has 4 unspecified atom stereocenters. The minimum absolute atomic E-state index is 0.0243. The van der Waals surface area contributed by atoms with Gasteiger partial charge in [-0.15, -0.1) is 0 Å². The molecule has 9 heteroatoms. The molecule has 3 aliphatic heterocycles. The Labute approximate surface area is 186 Å². The van der Waals surface area contributed by atoms with E-state index < -0.39 is 11.9 Å². The van der Waals surface area contributed by atoms with E-state index in [0.29, 0.717) is 31.0 Å². The Bertz CT molecular complexity index is 1020. The highest BCUT2D eigenvalue weighted by Gasteiger charge is 2.56. The van der Waals surface area contributed by atoms with Gasteiger partial charge in [-0.2, -0.15) is 5.26 Å². The molecule has 3 amide bonds. The third-order valence-corrected chi connectivity index (χ3v) is 7.64. The van der Waals surface area contributed by atoms with Gasteiger partial charge in [-0.1, -0.05) is 12.1 Å². The van der Waals surface area contributed by atoms with Crippen molar-refractivity contribution < 1.29 is 14.4 Å². The summed E-state index contributed by atoms with van der Waals surface area (Å²) in [5.74, 6) is -0.197. The van der Waals surface area contributed by atoms with Crippen LogP contribution in [0.4, 0.5) is 0 Å². The fourth-order valence-electron chi connectivity index (χ4n) is 5.92. The first-order valence-electron chi connectivity index (χ1n) is 11.2. The number of rotatable bonds is 6. The number of hydrogen-bond acceptors (Lipinski definition) is 6. The first-order chi connectivity index (χ1) is 15.3. The SMILES string of the molecule is CC(c1cccc(C(N)=O)c1)N1C(=O)[C@@H]2CC1CN2CC(N)C(=O)N1C(C#N)C[C@@H]2C[C@@H]21. The number of primary amides is 1. The minimum Gasteiger partial charge on any atom is -0.366 e. The second-order valence-corrected chi connectivity index (χ2v) is 9.57. The van der Waals surface area contributed by atoms with E-state index in [4.69, 9.17) is 11.5 Å². The van der Waals surface area contributed by atoms with E-state index in [1.807, 2.05) is 22.8 Å². The van der Waals surface area contributed by atoms with Gasteiger partial charge in [-0.3, -0.25) is 19.3 Å². The molecule has 0 spiro atoms. The van der Waals surface area contributed by atoms with Crippen molar-refractivity contribution in [2.45, 2.75) is 62.4 Å². The van der Waals surface area contributed by atoms with E-state index >= 15 is 0 Å². The normalized spacial score (nSPS) is 32.5. The summed E-state index contributed by atoms with van der Waals surface area (Å²) in [6.45, 7) is 2.93. The van der Waals surface area contributed by atoms with Crippen LogP contribution in [-0.2, 0) is 9.59 Å².